The molecule has 1 heterocycles. The summed E-state index contributed by atoms with van der Waals surface area (Å²) in [7, 11) is 3.77. The summed E-state index contributed by atoms with van der Waals surface area (Å²) >= 11 is 0. The fourth-order valence-corrected chi connectivity index (χ4v) is 1.16. The van der Waals surface area contributed by atoms with Gasteiger partial charge in [-0.3, -0.25) is 9.88 Å². The summed E-state index contributed by atoms with van der Waals surface area (Å²) in [5, 5.41) is 11.3. The molecule has 1 N–H and O–H groups in total. The summed E-state index contributed by atoms with van der Waals surface area (Å²) < 4.78 is 0. The molecule has 0 fully saturated rings. The molecule has 0 amide bonds. The molecule has 0 aliphatic carbocycles. The smallest absolute Gasteiger partial charge is 0.144 e. The van der Waals surface area contributed by atoms with Crippen LogP contribution in [0.5, 0.6) is 0 Å². The Bertz CT molecular complexity index is 327. The fourth-order valence-electron chi connectivity index (χ4n) is 1.16. The lowest BCUT2D eigenvalue weighted by Gasteiger charge is -2.13. The van der Waals surface area contributed by atoms with Gasteiger partial charge in [0.1, 0.15) is 5.82 Å². The first-order chi connectivity index (χ1) is 7.26. The molecule has 5 heteroatoms. The van der Waals surface area contributed by atoms with Crippen LogP contribution in [0.2, 0.25) is 0 Å². The van der Waals surface area contributed by atoms with Gasteiger partial charge in [0.2, 0.25) is 0 Å². The molecular formula is C10H15N5. The third-order valence-electron chi connectivity index (χ3n) is 2.00. The Morgan fingerprint density at radius 1 is 1.47 bits per heavy atom. The number of nitriles is 1. The highest BCUT2D eigenvalue weighted by Gasteiger charge is 2.01. The van der Waals surface area contributed by atoms with E-state index in [1.165, 1.54) is 0 Å². The van der Waals surface area contributed by atoms with E-state index in [2.05, 4.69) is 21.4 Å². The third kappa shape index (κ3) is 3.92. The molecule has 0 saturated carbocycles. The van der Waals surface area contributed by atoms with Gasteiger partial charge in [-0.2, -0.15) is 5.26 Å². The lowest BCUT2D eigenvalue weighted by molar-refractivity contribution is 0.330. The van der Waals surface area contributed by atoms with Crippen molar-refractivity contribution in [3.8, 4) is 6.07 Å². The number of anilines is 1. The lowest BCUT2D eigenvalue weighted by Crippen LogP contribution is -2.19. The molecule has 0 saturated heterocycles. The van der Waals surface area contributed by atoms with Crippen molar-refractivity contribution in [2.75, 3.05) is 26.0 Å². The van der Waals surface area contributed by atoms with Crippen molar-refractivity contribution in [2.45, 2.75) is 13.0 Å². The highest BCUT2D eigenvalue weighted by atomic mass is 15.1. The molecule has 0 atom stereocenters. The van der Waals surface area contributed by atoms with Gasteiger partial charge in [0, 0.05) is 26.6 Å². The summed E-state index contributed by atoms with van der Waals surface area (Å²) in [6.07, 6.45) is 3.99. The molecule has 0 aromatic carbocycles. The predicted molar refractivity (Wildman–Crippen MR) is 58.1 cm³/mol. The quantitative estimate of drug-likeness (QED) is 0.772. The van der Waals surface area contributed by atoms with Crippen molar-refractivity contribution < 1.29 is 0 Å². The van der Waals surface area contributed by atoms with Crippen LogP contribution >= 0.6 is 0 Å². The standard InChI is InChI=1S/C10H15N5/c1-12-10-7-13-9(6-14-10)8-15(2)5-3-4-11/h6-7H,3,5,8H2,1-2H3,(H,12,14). The molecule has 1 aromatic heterocycles. The van der Waals surface area contributed by atoms with Crippen molar-refractivity contribution >= 4 is 5.82 Å². The summed E-state index contributed by atoms with van der Waals surface area (Å²) in [5.74, 6) is 0.762. The van der Waals surface area contributed by atoms with Crippen molar-refractivity contribution in [1.82, 2.24) is 14.9 Å². The Labute approximate surface area is 89.8 Å². The zero-order valence-electron chi connectivity index (χ0n) is 9.06. The van der Waals surface area contributed by atoms with Crippen LogP contribution < -0.4 is 5.32 Å². The second-order valence-electron chi connectivity index (χ2n) is 3.29. The van der Waals surface area contributed by atoms with Gasteiger partial charge in [-0.05, 0) is 7.05 Å². The Hall–Kier alpha value is -1.67. The van der Waals surface area contributed by atoms with Gasteiger partial charge in [0.05, 0.1) is 24.2 Å². The van der Waals surface area contributed by atoms with Gasteiger partial charge >= 0.3 is 0 Å². The van der Waals surface area contributed by atoms with Crippen LogP contribution in [0, 0.1) is 11.3 Å². The lowest BCUT2D eigenvalue weighted by atomic mass is 10.3. The summed E-state index contributed by atoms with van der Waals surface area (Å²) in [4.78, 5) is 10.5. The van der Waals surface area contributed by atoms with E-state index in [0.717, 1.165) is 24.6 Å². The molecule has 0 aliphatic heterocycles. The Morgan fingerprint density at radius 2 is 2.27 bits per heavy atom. The number of hydrogen-bond donors (Lipinski definition) is 1. The first kappa shape index (κ1) is 11.4. The van der Waals surface area contributed by atoms with E-state index in [9.17, 15) is 0 Å². The molecule has 0 radical (unpaired) electrons. The number of nitrogens with zero attached hydrogens (tertiary/aromatic N) is 4. The molecule has 5 nitrogen and oxygen atoms in total. The van der Waals surface area contributed by atoms with Crippen molar-refractivity contribution in [3.63, 3.8) is 0 Å². The minimum Gasteiger partial charge on any atom is -0.372 e. The van der Waals surface area contributed by atoms with Gasteiger partial charge in [-0.25, -0.2) is 4.98 Å². The van der Waals surface area contributed by atoms with Crippen LogP contribution in [0.15, 0.2) is 12.4 Å². The molecule has 80 valence electrons. The van der Waals surface area contributed by atoms with Gasteiger partial charge in [-0.1, -0.05) is 0 Å². The van der Waals surface area contributed by atoms with Crippen LogP contribution in [0.25, 0.3) is 0 Å². The third-order valence-corrected chi connectivity index (χ3v) is 2.00. The van der Waals surface area contributed by atoms with Crippen molar-refractivity contribution in [1.29, 1.82) is 5.26 Å². The minimum absolute atomic E-state index is 0.540. The summed E-state index contributed by atoms with van der Waals surface area (Å²) in [6, 6.07) is 2.11. The van der Waals surface area contributed by atoms with Crippen LogP contribution in [0.3, 0.4) is 0 Å². The zero-order chi connectivity index (χ0) is 11.1. The van der Waals surface area contributed by atoms with Crippen LogP contribution in [-0.2, 0) is 6.54 Å². The fraction of sp³-hybridized carbons (Fsp3) is 0.500. The van der Waals surface area contributed by atoms with Gasteiger partial charge in [-0.15, -0.1) is 0 Å². The monoisotopic (exact) mass is 205 g/mol. The topological polar surface area (TPSA) is 64.8 Å². The molecule has 15 heavy (non-hydrogen) atoms. The first-order valence-corrected chi connectivity index (χ1v) is 4.80. The summed E-state index contributed by atoms with van der Waals surface area (Å²) in [6.45, 7) is 1.48. The number of rotatable bonds is 5. The van der Waals surface area contributed by atoms with E-state index >= 15 is 0 Å². The molecule has 1 rings (SSSR count). The van der Waals surface area contributed by atoms with E-state index in [0.29, 0.717) is 6.42 Å². The maximum absolute atomic E-state index is 8.44. The first-order valence-electron chi connectivity index (χ1n) is 4.80. The molecule has 0 spiro atoms. The normalized spacial score (nSPS) is 10.0. The Kier molecular flexibility index (Phi) is 4.51. The Balaban J connectivity index is 2.46. The van der Waals surface area contributed by atoms with E-state index in [-0.39, 0.29) is 0 Å². The molecule has 1 aromatic rings. The number of nitrogens with one attached hydrogen (secondary N) is 1. The molecule has 0 aliphatic rings. The van der Waals surface area contributed by atoms with E-state index in [1.54, 1.807) is 12.4 Å². The van der Waals surface area contributed by atoms with Crippen LogP contribution in [0.4, 0.5) is 5.82 Å². The average molecular weight is 205 g/mol. The second kappa shape index (κ2) is 5.94. The largest absolute Gasteiger partial charge is 0.372 e. The van der Waals surface area contributed by atoms with Gasteiger partial charge < -0.3 is 5.32 Å². The van der Waals surface area contributed by atoms with Gasteiger partial charge in [0.25, 0.3) is 0 Å². The second-order valence-corrected chi connectivity index (χ2v) is 3.29. The predicted octanol–water partition coefficient (Wildman–Crippen LogP) is 0.864. The minimum atomic E-state index is 0.540. The van der Waals surface area contributed by atoms with Crippen LogP contribution in [-0.4, -0.2) is 35.5 Å². The number of aromatic nitrogens is 2. The maximum atomic E-state index is 8.44. The van der Waals surface area contributed by atoms with E-state index in [4.69, 9.17) is 5.26 Å². The Morgan fingerprint density at radius 3 is 2.80 bits per heavy atom. The molecule has 0 bridgehead atoms. The SMILES string of the molecule is CNc1cnc(CN(C)CCC#N)cn1. The highest BCUT2D eigenvalue weighted by molar-refractivity contribution is 5.29. The molecule has 0 unspecified atom stereocenters. The highest BCUT2D eigenvalue weighted by Crippen LogP contribution is 2.02. The van der Waals surface area contributed by atoms with Crippen molar-refractivity contribution in [3.05, 3.63) is 18.1 Å². The van der Waals surface area contributed by atoms with Gasteiger partial charge in [0.15, 0.2) is 0 Å². The average Bonchev–Trinajstić information content (AvgIpc) is 2.27. The summed E-state index contributed by atoms with van der Waals surface area (Å²) in [5.41, 5.74) is 0.912. The zero-order valence-corrected chi connectivity index (χ0v) is 9.06. The molecular weight excluding hydrogens is 190 g/mol. The van der Waals surface area contributed by atoms with E-state index in [1.807, 2.05) is 19.0 Å². The van der Waals surface area contributed by atoms with Crippen molar-refractivity contribution in [2.24, 2.45) is 0 Å². The van der Waals surface area contributed by atoms with E-state index < -0.39 is 0 Å². The number of hydrogen-bond acceptors (Lipinski definition) is 5. The maximum Gasteiger partial charge on any atom is 0.144 e. The van der Waals surface area contributed by atoms with Crippen LogP contribution in [0.1, 0.15) is 12.1 Å².